The molecule has 2 rings (SSSR count). The van der Waals surface area contributed by atoms with Gasteiger partial charge in [0.2, 0.25) is 0 Å². The standard InChI is InChI=1S/C12H17F2N3S/c1-3-15-10-8(13)6-9(14)11(17-10)16-7-12(18-2)4-5-12/h6H,3-5,7H2,1-2H3,(H2,15,16,17). The Labute approximate surface area is 110 Å². The first kappa shape index (κ1) is 13.4. The highest BCUT2D eigenvalue weighted by molar-refractivity contribution is 8.00. The van der Waals surface area contributed by atoms with Gasteiger partial charge in [-0.3, -0.25) is 0 Å². The summed E-state index contributed by atoms with van der Waals surface area (Å²) >= 11 is 1.78. The summed E-state index contributed by atoms with van der Waals surface area (Å²) in [7, 11) is 0. The second-order valence-electron chi connectivity index (χ2n) is 4.42. The normalized spacial score (nSPS) is 16.4. The fourth-order valence-corrected chi connectivity index (χ4v) is 2.45. The van der Waals surface area contributed by atoms with Gasteiger partial charge in [0.1, 0.15) is 0 Å². The molecule has 0 amide bonds. The van der Waals surface area contributed by atoms with Crippen molar-refractivity contribution in [2.75, 3.05) is 30.0 Å². The summed E-state index contributed by atoms with van der Waals surface area (Å²) in [6.45, 7) is 3.05. The van der Waals surface area contributed by atoms with Crippen LogP contribution < -0.4 is 10.6 Å². The minimum atomic E-state index is -0.661. The molecule has 1 saturated carbocycles. The summed E-state index contributed by atoms with van der Waals surface area (Å²) in [4.78, 5) is 3.95. The number of halogens is 2. The number of nitrogens with zero attached hydrogens (tertiary/aromatic N) is 1. The summed E-state index contributed by atoms with van der Waals surface area (Å²) in [6, 6.07) is 0.867. The first-order valence-corrected chi connectivity index (χ1v) is 7.21. The van der Waals surface area contributed by atoms with Crippen molar-refractivity contribution in [3.63, 3.8) is 0 Å². The maximum atomic E-state index is 13.6. The van der Waals surface area contributed by atoms with Crippen molar-refractivity contribution in [1.29, 1.82) is 0 Å². The van der Waals surface area contributed by atoms with Crippen molar-refractivity contribution in [3.05, 3.63) is 17.7 Å². The molecule has 1 aliphatic rings. The molecule has 0 atom stereocenters. The van der Waals surface area contributed by atoms with Gasteiger partial charge in [-0.1, -0.05) is 0 Å². The maximum absolute atomic E-state index is 13.6. The fourth-order valence-electron chi connectivity index (χ4n) is 1.72. The Kier molecular flexibility index (Phi) is 3.94. The number of hydrogen-bond acceptors (Lipinski definition) is 4. The third-order valence-corrected chi connectivity index (χ3v) is 4.51. The van der Waals surface area contributed by atoms with Crippen molar-refractivity contribution in [3.8, 4) is 0 Å². The molecule has 0 bridgehead atoms. The van der Waals surface area contributed by atoms with E-state index in [1.807, 2.05) is 13.2 Å². The Bertz CT molecular complexity index is 436. The van der Waals surface area contributed by atoms with Crippen molar-refractivity contribution in [2.24, 2.45) is 0 Å². The van der Waals surface area contributed by atoms with E-state index in [1.54, 1.807) is 11.8 Å². The SMILES string of the molecule is CCNc1nc(NCC2(SC)CC2)c(F)cc1F. The minimum Gasteiger partial charge on any atom is -0.368 e. The molecule has 1 aromatic rings. The van der Waals surface area contributed by atoms with E-state index in [-0.39, 0.29) is 16.4 Å². The van der Waals surface area contributed by atoms with E-state index in [2.05, 4.69) is 15.6 Å². The first-order valence-electron chi connectivity index (χ1n) is 5.99. The van der Waals surface area contributed by atoms with Gasteiger partial charge in [-0.25, -0.2) is 13.8 Å². The van der Waals surface area contributed by atoms with Gasteiger partial charge in [0, 0.05) is 23.9 Å². The second-order valence-corrected chi connectivity index (χ2v) is 5.69. The van der Waals surface area contributed by atoms with E-state index in [9.17, 15) is 8.78 Å². The first-order chi connectivity index (χ1) is 8.60. The summed E-state index contributed by atoms with van der Waals surface area (Å²) in [5.74, 6) is -1.10. The Balaban J connectivity index is 2.09. The minimum absolute atomic E-state index is 0.0930. The molecule has 6 heteroatoms. The third kappa shape index (κ3) is 2.85. The van der Waals surface area contributed by atoms with E-state index < -0.39 is 11.6 Å². The molecule has 100 valence electrons. The lowest BCUT2D eigenvalue weighted by atomic mass is 10.3. The Morgan fingerprint density at radius 2 is 1.89 bits per heavy atom. The van der Waals surface area contributed by atoms with Gasteiger partial charge in [-0.2, -0.15) is 11.8 Å². The summed E-state index contributed by atoms with van der Waals surface area (Å²) in [6.07, 6.45) is 4.31. The molecule has 0 aliphatic heterocycles. The Morgan fingerprint density at radius 1 is 1.28 bits per heavy atom. The number of anilines is 2. The molecule has 0 radical (unpaired) electrons. The van der Waals surface area contributed by atoms with Crippen LogP contribution in [0.4, 0.5) is 20.4 Å². The van der Waals surface area contributed by atoms with Gasteiger partial charge >= 0.3 is 0 Å². The average Bonchev–Trinajstić information content (AvgIpc) is 3.12. The molecule has 1 aliphatic carbocycles. The van der Waals surface area contributed by atoms with Crippen LogP contribution in [0.2, 0.25) is 0 Å². The van der Waals surface area contributed by atoms with Crippen LogP contribution in [0.15, 0.2) is 6.07 Å². The summed E-state index contributed by atoms with van der Waals surface area (Å²) in [5, 5.41) is 5.75. The molecule has 0 saturated heterocycles. The number of hydrogen-bond donors (Lipinski definition) is 2. The zero-order valence-electron chi connectivity index (χ0n) is 10.5. The quantitative estimate of drug-likeness (QED) is 0.835. The molecule has 0 unspecified atom stereocenters. The van der Waals surface area contributed by atoms with Crippen LogP contribution in [0.3, 0.4) is 0 Å². The molecule has 0 spiro atoms. The highest BCUT2D eigenvalue weighted by Crippen LogP contribution is 2.47. The lowest BCUT2D eigenvalue weighted by molar-refractivity contribution is 0.578. The fraction of sp³-hybridized carbons (Fsp3) is 0.583. The zero-order chi connectivity index (χ0) is 13.2. The second kappa shape index (κ2) is 5.30. The molecule has 1 heterocycles. The highest BCUT2D eigenvalue weighted by Gasteiger charge is 2.41. The van der Waals surface area contributed by atoms with Gasteiger partial charge in [-0.15, -0.1) is 0 Å². The predicted molar refractivity (Wildman–Crippen MR) is 72.3 cm³/mol. The van der Waals surface area contributed by atoms with E-state index in [1.165, 1.54) is 0 Å². The van der Waals surface area contributed by atoms with Crippen LogP contribution in [-0.4, -0.2) is 29.1 Å². The lowest BCUT2D eigenvalue weighted by Crippen LogP contribution is -2.19. The van der Waals surface area contributed by atoms with E-state index in [0.717, 1.165) is 18.9 Å². The number of rotatable bonds is 6. The predicted octanol–water partition coefficient (Wildman–Crippen LogP) is 3.10. The molecule has 2 N–H and O–H groups in total. The number of aromatic nitrogens is 1. The van der Waals surface area contributed by atoms with Crippen LogP contribution in [-0.2, 0) is 0 Å². The Hall–Kier alpha value is -1.04. The molecular formula is C12H17F2N3S. The molecular weight excluding hydrogens is 256 g/mol. The van der Waals surface area contributed by atoms with Crippen molar-refractivity contribution >= 4 is 23.4 Å². The van der Waals surface area contributed by atoms with E-state index in [4.69, 9.17) is 0 Å². The largest absolute Gasteiger partial charge is 0.368 e. The van der Waals surface area contributed by atoms with Crippen LogP contribution in [0, 0.1) is 11.6 Å². The number of nitrogens with one attached hydrogen (secondary N) is 2. The van der Waals surface area contributed by atoms with Crippen molar-refractivity contribution < 1.29 is 8.78 Å². The van der Waals surface area contributed by atoms with E-state index >= 15 is 0 Å². The van der Waals surface area contributed by atoms with E-state index in [0.29, 0.717) is 13.1 Å². The molecule has 0 aromatic carbocycles. The highest BCUT2D eigenvalue weighted by atomic mass is 32.2. The zero-order valence-corrected chi connectivity index (χ0v) is 11.3. The molecule has 1 aromatic heterocycles. The molecule has 18 heavy (non-hydrogen) atoms. The Morgan fingerprint density at radius 3 is 2.39 bits per heavy atom. The van der Waals surface area contributed by atoms with Gasteiger partial charge in [0.05, 0.1) is 0 Å². The third-order valence-electron chi connectivity index (χ3n) is 3.09. The smallest absolute Gasteiger partial charge is 0.168 e. The van der Waals surface area contributed by atoms with Gasteiger partial charge in [0.25, 0.3) is 0 Å². The number of thioether (sulfide) groups is 1. The molecule has 1 fully saturated rings. The maximum Gasteiger partial charge on any atom is 0.168 e. The monoisotopic (exact) mass is 273 g/mol. The van der Waals surface area contributed by atoms with Gasteiger partial charge in [0.15, 0.2) is 23.3 Å². The van der Waals surface area contributed by atoms with Crippen LogP contribution >= 0.6 is 11.8 Å². The number of pyridine rings is 1. The lowest BCUT2D eigenvalue weighted by Gasteiger charge is -2.15. The summed E-state index contributed by atoms with van der Waals surface area (Å²) in [5.41, 5.74) is 0. The summed E-state index contributed by atoms with van der Waals surface area (Å²) < 4.78 is 27.2. The topological polar surface area (TPSA) is 37.0 Å². The van der Waals surface area contributed by atoms with Gasteiger partial charge < -0.3 is 10.6 Å². The van der Waals surface area contributed by atoms with Crippen molar-refractivity contribution in [1.82, 2.24) is 4.98 Å². The van der Waals surface area contributed by atoms with Crippen LogP contribution in [0.5, 0.6) is 0 Å². The average molecular weight is 273 g/mol. The molecule has 3 nitrogen and oxygen atoms in total. The van der Waals surface area contributed by atoms with Gasteiger partial charge in [-0.05, 0) is 26.0 Å². The van der Waals surface area contributed by atoms with Crippen LogP contribution in [0.1, 0.15) is 19.8 Å². The van der Waals surface area contributed by atoms with Crippen LogP contribution in [0.25, 0.3) is 0 Å². The van der Waals surface area contributed by atoms with Crippen molar-refractivity contribution in [2.45, 2.75) is 24.5 Å².